The van der Waals surface area contributed by atoms with Gasteiger partial charge in [0.15, 0.2) is 11.5 Å². The molecule has 0 spiro atoms. The summed E-state index contributed by atoms with van der Waals surface area (Å²) in [7, 11) is 0. The van der Waals surface area contributed by atoms with Crippen molar-refractivity contribution in [2.45, 2.75) is 50.8 Å². The lowest BCUT2D eigenvalue weighted by molar-refractivity contribution is -0.120. The van der Waals surface area contributed by atoms with Gasteiger partial charge >= 0.3 is 0 Å². The van der Waals surface area contributed by atoms with Crippen LogP contribution in [0.3, 0.4) is 0 Å². The van der Waals surface area contributed by atoms with Gasteiger partial charge in [-0.2, -0.15) is 0 Å². The summed E-state index contributed by atoms with van der Waals surface area (Å²) in [5.41, 5.74) is 4.31. The van der Waals surface area contributed by atoms with Gasteiger partial charge in [0, 0.05) is 17.1 Å². The van der Waals surface area contributed by atoms with Crippen molar-refractivity contribution >= 4 is 23.5 Å². The smallest absolute Gasteiger partial charge is 0.257 e. The van der Waals surface area contributed by atoms with Crippen LogP contribution in [0.25, 0.3) is 0 Å². The highest BCUT2D eigenvalue weighted by Crippen LogP contribution is 2.33. The van der Waals surface area contributed by atoms with Crippen LogP contribution >= 0.6 is 11.9 Å². The lowest BCUT2D eigenvalue weighted by Crippen LogP contribution is -2.30. The Kier molecular flexibility index (Phi) is 8.55. The first-order valence-corrected chi connectivity index (χ1v) is 12.9. The van der Waals surface area contributed by atoms with E-state index in [1.54, 1.807) is 0 Å². The van der Waals surface area contributed by atoms with Crippen LogP contribution in [0.2, 0.25) is 0 Å². The van der Waals surface area contributed by atoms with Crippen molar-refractivity contribution in [3.63, 3.8) is 0 Å². The van der Waals surface area contributed by atoms with Crippen LogP contribution in [0.5, 0.6) is 11.5 Å². The molecule has 0 saturated carbocycles. The maximum Gasteiger partial charge on any atom is 0.257 e. The molecule has 1 heterocycles. The van der Waals surface area contributed by atoms with Crippen molar-refractivity contribution in [2.24, 2.45) is 0 Å². The summed E-state index contributed by atoms with van der Waals surface area (Å²) in [6.45, 7) is 8.23. The molecule has 0 aromatic heterocycles. The molecular formula is C28H33N3O3S. The highest BCUT2D eigenvalue weighted by molar-refractivity contribution is 7.98. The van der Waals surface area contributed by atoms with E-state index in [1.165, 1.54) is 23.1 Å². The fourth-order valence-corrected chi connectivity index (χ4v) is 4.65. The van der Waals surface area contributed by atoms with Crippen LogP contribution in [-0.2, 0) is 17.8 Å². The molecule has 3 aromatic carbocycles. The molecule has 1 aliphatic heterocycles. The molecule has 4 rings (SSSR count). The molecule has 0 saturated heterocycles. The minimum absolute atomic E-state index is 0.0173. The lowest BCUT2D eigenvalue weighted by atomic mass is 9.99. The van der Waals surface area contributed by atoms with Crippen LogP contribution in [0.15, 0.2) is 71.6 Å². The summed E-state index contributed by atoms with van der Waals surface area (Å²) in [4.78, 5) is 14.4. The van der Waals surface area contributed by atoms with Gasteiger partial charge in [-0.25, -0.2) is 0 Å². The van der Waals surface area contributed by atoms with Gasteiger partial charge in [0.1, 0.15) is 6.04 Å². The molecule has 3 aromatic rings. The van der Waals surface area contributed by atoms with E-state index in [1.807, 2.05) is 69.3 Å². The molecule has 1 unspecified atom stereocenters. The Hall–Kier alpha value is -3.16. The normalized spacial score (nSPS) is 13.6. The zero-order chi connectivity index (χ0) is 24.6. The molecule has 184 valence electrons. The van der Waals surface area contributed by atoms with Crippen LogP contribution in [0.4, 0.5) is 5.69 Å². The number of fused-ring (bicyclic) bond motifs is 1. The monoisotopic (exact) mass is 491 g/mol. The third kappa shape index (κ3) is 6.71. The number of hydrogen-bond acceptors (Lipinski definition) is 6. The molecule has 1 atom stereocenters. The van der Waals surface area contributed by atoms with E-state index in [9.17, 15) is 4.79 Å². The number of anilines is 1. The van der Waals surface area contributed by atoms with Gasteiger partial charge in [-0.1, -0.05) is 30.3 Å². The predicted molar refractivity (Wildman–Crippen MR) is 142 cm³/mol. The molecule has 0 bridgehead atoms. The Bertz CT molecular complexity index is 1140. The Morgan fingerprint density at radius 3 is 2.63 bits per heavy atom. The van der Waals surface area contributed by atoms with Gasteiger partial charge in [-0.05, 0) is 98.8 Å². The Morgan fingerprint density at radius 2 is 1.86 bits per heavy atom. The molecule has 7 heteroatoms. The molecule has 3 N–H and O–H groups in total. The SMILES string of the molecule is CCOc1cc(C(Nc2ccc3c(c2)CNCC3)C(=O)NSc2ccccc2)ccc1OC(C)C. The predicted octanol–water partition coefficient (Wildman–Crippen LogP) is 5.49. The van der Waals surface area contributed by atoms with Gasteiger partial charge in [0.25, 0.3) is 5.91 Å². The number of benzene rings is 3. The number of ether oxygens (including phenoxy) is 2. The van der Waals surface area contributed by atoms with E-state index in [-0.39, 0.29) is 12.0 Å². The Labute approximate surface area is 211 Å². The summed E-state index contributed by atoms with van der Waals surface area (Å²) in [5.74, 6) is 1.15. The van der Waals surface area contributed by atoms with Gasteiger partial charge < -0.3 is 20.1 Å². The molecule has 0 radical (unpaired) electrons. The first kappa shape index (κ1) is 24.9. The number of nitrogens with one attached hydrogen (secondary N) is 3. The van der Waals surface area contributed by atoms with E-state index in [4.69, 9.17) is 9.47 Å². The van der Waals surface area contributed by atoms with Crippen molar-refractivity contribution < 1.29 is 14.3 Å². The van der Waals surface area contributed by atoms with Gasteiger partial charge in [-0.15, -0.1) is 0 Å². The third-order valence-electron chi connectivity index (χ3n) is 5.64. The zero-order valence-electron chi connectivity index (χ0n) is 20.5. The first-order chi connectivity index (χ1) is 17.0. The van der Waals surface area contributed by atoms with Crippen molar-refractivity contribution in [3.05, 3.63) is 83.4 Å². The highest BCUT2D eigenvalue weighted by atomic mass is 32.2. The van der Waals surface area contributed by atoms with Gasteiger partial charge in [0.05, 0.1) is 12.7 Å². The fourth-order valence-electron chi connectivity index (χ4n) is 4.02. The standard InChI is InChI=1S/C28H33N3O3S/c1-4-33-26-17-21(11-13-25(26)34-19(2)3)27(28(32)31-35-24-8-6-5-7-9-24)30-23-12-10-20-14-15-29-18-22(20)16-23/h5-13,16-17,19,27,29-30H,4,14-15,18H2,1-3H3,(H,31,32). The van der Waals surface area contributed by atoms with E-state index < -0.39 is 6.04 Å². The van der Waals surface area contributed by atoms with Crippen molar-refractivity contribution in [1.82, 2.24) is 10.0 Å². The summed E-state index contributed by atoms with van der Waals surface area (Å²) in [5, 5.41) is 6.88. The first-order valence-electron chi connectivity index (χ1n) is 12.1. The lowest BCUT2D eigenvalue weighted by Gasteiger charge is -2.23. The Morgan fingerprint density at radius 1 is 1.03 bits per heavy atom. The fraction of sp³-hybridized carbons (Fsp3) is 0.321. The number of carbonyl (C=O) groups excluding carboxylic acids is 1. The minimum Gasteiger partial charge on any atom is -0.490 e. The van der Waals surface area contributed by atoms with E-state index in [2.05, 4.69) is 33.6 Å². The van der Waals surface area contributed by atoms with Crippen molar-refractivity contribution in [2.75, 3.05) is 18.5 Å². The average molecular weight is 492 g/mol. The average Bonchev–Trinajstić information content (AvgIpc) is 2.87. The van der Waals surface area contributed by atoms with Crippen molar-refractivity contribution in [3.8, 4) is 11.5 Å². The van der Waals surface area contributed by atoms with Gasteiger partial charge in [0.2, 0.25) is 0 Å². The quantitative estimate of drug-likeness (QED) is 0.326. The molecule has 6 nitrogen and oxygen atoms in total. The molecule has 1 amide bonds. The van der Waals surface area contributed by atoms with Crippen LogP contribution < -0.4 is 24.8 Å². The Balaban J connectivity index is 1.62. The number of rotatable bonds is 10. The molecule has 1 aliphatic rings. The second-order valence-corrected chi connectivity index (χ2v) is 9.55. The molecule has 35 heavy (non-hydrogen) atoms. The maximum atomic E-state index is 13.5. The van der Waals surface area contributed by atoms with Crippen molar-refractivity contribution in [1.29, 1.82) is 0 Å². The molecular weight excluding hydrogens is 458 g/mol. The number of amides is 1. The zero-order valence-corrected chi connectivity index (χ0v) is 21.3. The summed E-state index contributed by atoms with van der Waals surface area (Å²) in [6.07, 6.45) is 1.03. The highest BCUT2D eigenvalue weighted by Gasteiger charge is 2.23. The van der Waals surface area contributed by atoms with Crippen LogP contribution in [0, 0.1) is 0 Å². The molecule has 0 fully saturated rings. The number of hydrogen-bond donors (Lipinski definition) is 3. The largest absolute Gasteiger partial charge is 0.490 e. The maximum absolute atomic E-state index is 13.5. The van der Waals surface area contributed by atoms with Gasteiger partial charge in [-0.3, -0.25) is 9.52 Å². The van der Waals surface area contributed by atoms with E-state index in [0.717, 1.165) is 35.7 Å². The topological polar surface area (TPSA) is 71.6 Å². The van der Waals surface area contributed by atoms with Crippen LogP contribution in [0.1, 0.15) is 43.5 Å². The number of carbonyl (C=O) groups is 1. The summed E-state index contributed by atoms with van der Waals surface area (Å²) in [6, 6.07) is 21.2. The third-order valence-corrected chi connectivity index (χ3v) is 6.45. The summed E-state index contributed by atoms with van der Waals surface area (Å²) >= 11 is 1.31. The second kappa shape index (κ2) is 12.0. The van der Waals surface area contributed by atoms with E-state index >= 15 is 0 Å². The van der Waals surface area contributed by atoms with E-state index in [0.29, 0.717) is 18.1 Å². The van der Waals surface area contributed by atoms with Crippen LogP contribution in [-0.4, -0.2) is 25.2 Å². The molecule has 0 aliphatic carbocycles. The summed E-state index contributed by atoms with van der Waals surface area (Å²) < 4.78 is 14.8. The second-order valence-electron chi connectivity index (χ2n) is 8.67. The minimum atomic E-state index is -0.617.